The third-order valence-electron chi connectivity index (χ3n) is 3.87. The molecule has 1 aliphatic heterocycles. The van der Waals surface area contributed by atoms with E-state index in [4.69, 9.17) is 9.47 Å². The number of amides is 2. The highest BCUT2D eigenvalue weighted by molar-refractivity contribution is 5.76. The van der Waals surface area contributed by atoms with Crippen LogP contribution in [0, 0.1) is 0 Å². The lowest BCUT2D eigenvalue weighted by Crippen LogP contribution is -2.69. The Hall–Kier alpha value is -2.24. The Kier molecular flexibility index (Phi) is 7.07. The molecule has 5 N–H and O–H groups in total. The molecule has 11 nitrogen and oxygen atoms in total. The summed E-state index contributed by atoms with van der Waals surface area (Å²) < 4.78 is 10.3. The van der Waals surface area contributed by atoms with Crippen LogP contribution in [0.4, 0.5) is 0 Å². The lowest BCUT2D eigenvalue weighted by Gasteiger charge is -2.46. The van der Waals surface area contributed by atoms with Gasteiger partial charge in [0.25, 0.3) is 5.79 Å². The fraction of sp³-hybridized carbons (Fsp3) is 0.733. The number of aliphatic hydroxyl groups is 2. The van der Waals surface area contributed by atoms with E-state index in [1.165, 1.54) is 20.8 Å². The van der Waals surface area contributed by atoms with E-state index in [1.807, 2.05) is 0 Å². The second-order valence-electron chi connectivity index (χ2n) is 6.21. The summed E-state index contributed by atoms with van der Waals surface area (Å²) in [6, 6.07) is -2.32. The number of carboxylic acids is 1. The Morgan fingerprint density at radius 2 is 1.77 bits per heavy atom. The highest BCUT2D eigenvalue weighted by Gasteiger charge is 2.54. The predicted molar refractivity (Wildman–Crippen MR) is 84.5 cm³/mol. The van der Waals surface area contributed by atoms with E-state index in [0.717, 1.165) is 6.92 Å². The van der Waals surface area contributed by atoms with Crippen molar-refractivity contribution in [2.75, 3.05) is 0 Å². The van der Waals surface area contributed by atoms with Crippen LogP contribution >= 0.6 is 0 Å². The summed E-state index contributed by atoms with van der Waals surface area (Å²) in [6.07, 6.45) is -4.62. The van der Waals surface area contributed by atoms with E-state index in [2.05, 4.69) is 10.6 Å². The highest BCUT2D eigenvalue weighted by atomic mass is 16.7. The van der Waals surface area contributed by atoms with Crippen molar-refractivity contribution in [1.82, 2.24) is 10.6 Å². The number of carboxylic acid groups (broad SMARTS) is 1. The minimum atomic E-state index is -2.74. The van der Waals surface area contributed by atoms with Gasteiger partial charge in [-0.3, -0.25) is 14.4 Å². The molecule has 148 valence electrons. The SMILES string of the molecule is CC(=O)N[C@H]1[C@H]([C@H](NC(C)=O)[C@@H](C)OC(C)=O)O[C@](O)(C(=O)O)C[C@H]1O. The van der Waals surface area contributed by atoms with Crippen molar-refractivity contribution in [2.24, 2.45) is 0 Å². The molecular weight excluding hydrogens is 352 g/mol. The minimum absolute atomic E-state index is 0.551. The quantitative estimate of drug-likeness (QED) is 0.325. The van der Waals surface area contributed by atoms with Gasteiger partial charge in [-0.25, -0.2) is 4.79 Å². The fourth-order valence-electron chi connectivity index (χ4n) is 2.86. The number of hydrogen-bond donors (Lipinski definition) is 5. The molecule has 0 saturated carbocycles. The number of carbonyl (C=O) groups excluding carboxylic acids is 3. The largest absolute Gasteiger partial charge is 0.477 e. The summed E-state index contributed by atoms with van der Waals surface area (Å²) in [6.45, 7) is 4.89. The zero-order chi connectivity index (χ0) is 20.2. The van der Waals surface area contributed by atoms with Crippen LogP contribution in [0.3, 0.4) is 0 Å². The second-order valence-corrected chi connectivity index (χ2v) is 6.21. The van der Waals surface area contributed by atoms with Crippen molar-refractivity contribution in [3.8, 4) is 0 Å². The van der Waals surface area contributed by atoms with Gasteiger partial charge in [-0.15, -0.1) is 0 Å². The molecule has 1 aliphatic rings. The molecule has 0 unspecified atom stereocenters. The summed E-state index contributed by atoms with van der Waals surface area (Å²) >= 11 is 0. The molecule has 1 heterocycles. The molecule has 0 aliphatic carbocycles. The average Bonchev–Trinajstić information content (AvgIpc) is 2.46. The zero-order valence-corrected chi connectivity index (χ0v) is 14.9. The van der Waals surface area contributed by atoms with Crippen LogP contribution < -0.4 is 10.6 Å². The van der Waals surface area contributed by atoms with Gasteiger partial charge in [-0.2, -0.15) is 0 Å². The van der Waals surface area contributed by atoms with E-state index in [0.29, 0.717) is 0 Å². The Morgan fingerprint density at radius 3 is 2.19 bits per heavy atom. The Bertz CT molecular complexity index is 581. The normalized spacial score (nSPS) is 30.6. The van der Waals surface area contributed by atoms with Gasteiger partial charge in [0.1, 0.15) is 12.2 Å². The average molecular weight is 376 g/mol. The molecule has 2 amide bonds. The van der Waals surface area contributed by atoms with Crippen molar-refractivity contribution < 1.29 is 44.0 Å². The maximum Gasteiger partial charge on any atom is 0.364 e. The third-order valence-corrected chi connectivity index (χ3v) is 3.87. The molecule has 11 heteroatoms. The fourth-order valence-corrected chi connectivity index (χ4v) is 2.86. The van der Waals surface area contributed by atoms with E-state index in [1.54, 1.807) is 0 Å². The summed E-state index contributed by atoms with van der Waals surface area (Å²) in [7, 11) is 0. The van der Waals surface area contributed by atoms with Crippen molar-refractivity contribution in [3.63, 3.8) is 0 Å². The number of aliphatic hydroxyl groups excluding tert-OH is 1. The molecule has 1 fully saturated rings. The van der Waals surface area contributed by atoms with Crippen LogP contribution in [-0.4, -0.2) is 75.3 Å². The standard InChI is InChI=1S/C15H24N2O9/c1-6(25-9(4)20)11(16-7(2)18)13-12(17-8(3)19)10(21)5-15(24,26-13)14(22)23/h6,10-13,21,24H,5H2,1-4H3,(H,16,18)(H,17,19)(H,22,23)/t6-,10-,11-,12-,13+,15+/m1/s1. The number of esters is 1. The number of carbonyl (C=O) groups is 4. The summed E-state index contributed by atoms with van der Waals surface area (Å²) in [5.41, 5.74) is 0. The Morgan fingerprint density at radius 1 is 1.19 bits per heavy atom. The van der Waals surface area contributed by atoms with Crippen LogP contribution in [-0.2, 0) is 28.7 Å². The maximum absolute atomic E-state index is 11.6. The molecule has 6 atom stereocenters. The molecule has 1 saturated heterocycles. The van der Waals surface area contributed by atoms with E-state index < -0.39 is 66.4 Å². The summed E-state index contributed by atoms with van der Waals surface area (Å²) in [5.74, 6) is -6.27. The lowest BCUT2D eigenvalue weighted by atomic mass is 9.87. The molecule has 0 aromatic heterocycles. The first-order valence-corrected chi connectivity index (χ1v) is 7.90. The van der Waals surface area contributed by atoms with E-state index in [9.17, 15) is 34.5 Å². The minimum Gasteiger partial charge on any atom is -0.477 e. The number of nitrogens with one attached hydrogen (secondary N) is 2. The molecular formula is C15H24N2O9. The van der Waals surface area contributed by atoms with Crippen molar-refractivity contribution >= 4 is 23.8 Å². The van der Waals surface area contributed by atoms with Gasteiger partial charge in [0.05, 0.1) is 18.2 Å². The van der Waals surface area contributed by atoms with Crippen LogP contribution in [0.2, 0.25) is 0 Å². The predicted octanol–water partition coefficient (Wildman–Crippen LogP) is -2.13. The first-order valence-electron chi connectivity index (χ1n) is 7.90. The van der Waals surface area contributed by atoms with Gasteiger partial charge in [-0.05, 0) is 6.92 Å². The molecule has 1 rings (SSSR count). The highest BCUT2D eigenvalue weighted by Crippen LogP contribution is 2.31. The van der Waals surface area contributed by atoms with Gasteiger partial charge in [0.15, 0.2) is 0 Å². The van der Waals surface area contributed by atoms with Crippen LogP contribution in [0.1, 0.15) is 34.1 Å². The number of ether oxygens (including phenoxy) is 2. The van der Waals surface area contributed by atoms with Gasteiger partial charge in [-0.1, -0.05) is 0 Å². The molecule has 0 radical (unpaired) electrons. The van der Waals surface area contributed by atoms with Gasteiger partial charge < -0.3 is 35.4 Å². The van der Waals surface area contributed by atoms with E-state index >= 15 is 0 Å². The monoisotopic (exact) mass is 376 g/mol. The molecule has 0 aromatic carbocycles. The smallest absolute Gasteiger partial charge is 0.364 e. The maximum atomic E-state index is 11.6. The molecule has 0 bridgehead atoms. The third kappa shape index (κ3) is 5.38. The Balaban J connectivity index is 3.30. The number of hydrogen-bond acceptors (Lipinski definition) is 8. The molecule has 0 aromatic rings. The number of aliphatic carboxylic acids is 1. The number of rotatable bonds is 6. The lowest BCUT2D eigenvalue weighted by molar-refractivity contribution is -0.283. The van der Waals surface area contributed by atoms with Crippen LogP contribution in [0.5, 0.6) is 0 Å². The Labute approximate surface area is 149 Å². The topological polar surface area (TPSA) is 171 Å². The van der Waals surface area contributed by atoms with Crippen molar-refractivity contribution in [1.29, 1.82) is 0 Å². The van der Waals surface area contributed by atoms with Crippen molar-refractivity contribution in [2.45, 2.75) is 70.3 Å². The van der Waals surface area contributed by atoms with Gasteiger partial charge in [0, 0.05) is 27.2 Å². The second kappa shape index (κ2) is 8.43. The van der Waals surface area contributed by atoms with Gasteiger partial charge in [0.2, 0.25) is 11.8 Å². The molecule has 0 spiro atoms. The summed E-state index contributed by atoms with van der Waals surface area (Å²) in [4.78, 5) is 45.6. The van der Waals surface area contributed by atoms with Crippen LogP contribution in [0.25, 0.3) is 0 Å². The summed E-state index contributed by atoms with van der Waals surface area (Å²) in [5, 5.41) is 34.5. The van der Waals surface area contributed by atoms with E-state index in [-0.39, 0.29) is 0 Å². The first kappa shape index (κ1) is 21.8. The first-order chi connectivity index (χ1) is 11.9. The van der Waals surface area contributed by atoms with Crippen molar-refractivity contribution in [3.05, 3.63) is 0 Å². The van der Waals surface area contributed by atoms with Crippen LogP contribution in [0.15, 0.2) is 0 Å². The zero-order valence-electron chi connectivity index (χ0n) is 14.9. The molecule has 26 heavy (non-hydrogen) atoms. The van der Waals surface area contributed by atoms with Gasteiger partial charge >= 0.3 is 11.9 Å².